The van der Waals surface area contributed by atoms with Gasteiger partial charge in [-0.3, -0.25) is 0 Å². The van der Waals surface area contributed by atoms with E-state index in [1.807, 2.05) is 12.1 Å². The highest BCUT2D eigenvalue weighted by molar-refractivity contribution is 7.22. The molecule has 0 saturated heterocycles. The Labute approximate surface area is 461 Å². The highest BCUT2D eigenvalue weighted by atomic mass is 32.1. The van der Waals surface area contributed by atoms with Crippen molar-refractivity contribution in [3.63, 3.8) is 0 Å². The minimum Gasteiger partial charge on any atom is -0.494 e. The molecule has 0 aliphatic heterocycles. The van der Waals surface area contributed by atoms with Gasteiger partial charge in [0.2, 0.25) is 0 Å². The number of carbonyl (C=O) groups is 4. The van der Waals surface area contributed by atoms with E-state index in [0.29, 0.717) is 79.7 Å². The number of hydrogen-bond donors (Lipinski definition) is 0. The van der Waals surface area contributed by atoms with Crippen LogP contribution in [-0.2, 0) is 28.5 Å². The lowest BCUT2D eigenvalue weighted by Gasteiger charge is -2.28. The van der Waals surface area contributed by atoms with Gasteiger partial charge in [-0.15, -0.1) is 11.3 Å². The average Bonchev–Trinajstić information content (AvgIpc) is 4.23. The Kier molecular flexibility index (Phi) is 21.2. The van der Waals surface area contributed by atoms with Gasteiger partial charge in [0, 0.05) is 17.5 Å². The highest BCUT2D eigenvalue weighted by Crippen LogP contribution is 2.43. The number of ether oxygens (including phenoxy) is 8. The van der Waals surface area contributed by atoms with E-state index in [-0.39, 0.29) is 30.1 Å². The first-order valence-corrected chi connectivity index (χ1v) is 28.5. The van der Waals surface area contributed by atoms with Crippen LogP contribution < -0.4 is 18.9 Å². The summed E-state index contributed by atoms with van der Waals surface area (Å²) in [5.74, 6) is 2.65. The summed E-state index contributed by atoms with van der Waals surface area (Å²) < 4.78 is 54.2. The number of aromatic nitrogens is 1. The summed E-state index contributed by atoms with van der Waals surface area (Å²) in [6, 6.07) is 24.4. The average molecular weight is 1080 g/mol. The fourth-order valence-electron chi connectivity index (χ4n) is 9.91. The number of rotatable bonds is 29. The minimum absolute atomic E-state index is 0.161. The molecule has 4 aromatic carbocycles. The standard InChI is InChI=1S/C63H73NO13S/c1-5-57(65)71-35-13-9-7-11-33-69-48-27-19-46(20-28-48)62(67)75-50-23-15-44(16-24-50)40-73-53-31-32-54(60-59(53)64-61(78-60)56-39-52-43(4)37-42(3)38-55(52)77-56)74-41-45-17-25-51(26-18-45)76-63(68)47-21-29-49(30-22-47)70-34-12-8-10-14-36-72-58(66)6-2/h5-6,19-22,27-32,37-39,44-45,50-51H,1-2,7-18,23-26,33-36,40-41H2,3-4H3. The molecule has 78 heavy (non-hydrogen) atoms. The van der Waals surface area contributed by atoms with Crippen LogP contribution in [0.1, 0.15) is 135 Å². The normalized spacial score (nSPS) is 17.2. The number of thiazole rings is 1. The van der Waals surface area contributed by atoms with E-state index in [4.69, 9.17) is 47.3 Å². The molecule has 0 spiro atoms. The third-order valence-electron chi connectivity index (χ3n) is 14.4. The first-order valence-electron chi connectivity index (χ1n) is 27.7. The van der Waals surface area contributed by atoms with E-state index in [2.05, 4.69) is 45.2 Å². The number of unbranched alkanes of at least 4 members (excludes halogenated alkanes) is 6. The summed E-state index contributed by atoms with van der Waals surface area (Å²) in [7, 11) is 0. The maximum atomic E-state index is 13.1. The molecule has 2 aromatic heterocycles. The Morgan fingerprint density at radius 1 is 0.577 bits per heavy atom. The van der Waals surface area contributed by atoms with Crippen molar-refractivity contribution in [1.29, 1.82) is 0 Å². The van der Waals surface area contributed by atoms with Gasteiger partial charge in [0.05, 0.1) is 50.8 Å². The number of furan rings is 1. The Hall–Kier alpha value is -7.13. The van der Waals surface area contributed by atoms with Crippen molar-refractivity contribution in [3.8, 4) is 33.8 Å². The summed E-state index contributed by atoms with van der Waals surface area (Å²) in [4.78, 5) is 53.7. The molecule has 414 valence electrons. The molecule has 8 rings (SSSR count). The van der Waals surface area contributed by atoms with Crippen LogP contribution >= 0.6 is 11.3 Å². The van der Waals surface area contributed by atoms with Gasteiger partial charge in [0.1, 0.15) is 51.0 Å². The summed E-state index contributed by atoms with van der Waals surface area (Å²) in [6.45, 7) is 13.9. The lowest BCUT2D eigenvalue weighted by atomic mass is 9.88. The lowest BCUT2D eigenvalue weighted by Crippen LogP contribution is -2.27. The maximum Gasteiger partial charge on any atom is 0.338 e. The molecule has 0 bridgehead atoms. The van der Waals surface area contributed by atoms with Crippen LogP contribution in [0.15, 0.2) is 109 Å². The third kappa shape index (κ3) is 16.7. The molecule has 2 aliphatic carbocycles. The van der Waals surface area contributed by atoms with E-state index in [1.165, 1.54) is 23.5 Å². The summed E-state index contributed by atoms with van der Waals surface area (Å²) in [5, 5.41) is 1.80. The van der Waals surface area contributed by atoms with E-state index in [9.17, 15) is 19.2 Å². The van der Waals surface area contributed by atoms with Crippen LogP contribution in [0.2, 0.25) is 0 Å². The van der Waals surface area contributed by atoms with Crippen molar-refractivity contribution in [2.45, 2.75) is 129 Å². The predicted molar refractivity (Wildman–Crippen MR) is 301 cm³/mol. The lowest BCUT2D eigenvalue weighted by molar-refractivity contribution is -0.138. The van der Waals surface area contributed by atoms with E-state index in [1.54, 1.807) is 48.5 Å². The second kappa shape index (κ2) is 29.0. The van der Waals surface area contributed by atoms with Crippen molar-refractivity contribution in [2.75, 3.05) is 39.6 Å². The number of carbonyl (C=O) groups excluding carboxylic acids is 4. The molecule has 0 radical (unpaired) electrons. The topological polar surface area (TPSA) is 168 Å². The Balaban J connectivity index is 0.790. The number of hydrogen-bond acceptors (Lipinski definition) is 15. The number of nitrogens with zero attached hydrogens (tertiary/aromatic N) is 1. The molecule has 2 fully saturated rings. The van der Waals surface area contributed by atoms with Crippen molar-refractivity contribution in [2.24, 2.45) is 11.8 Å². The van der Waals surface area contributed by atoms with Crippen molar-refractivity contribution < 1.29 is 61.5 Å². The molecule has 2 saturated carbocycles. The van der Waals surface area contributed by atoms with Gasteiger partial charge >= 0.3 is 23.9 Å². The molecule has 0 amide bonds. The fraction of sp³-hybridized carbons (Fsp3) is 0.444. The first kappa shape index (κ1) is 57.1. The molecule has 6 aromatic rings. The van der Waals surface area contributed by atoms with Crippen LogP contribution in [0.25, 0.3) is 32.0 Å². The highest BCUT2D eigenvalue weighted by Gasteiger charge is 2.28. The molecule has 0 N–H and O–H groups in total. The van der Waals surface area contributed by atoms with Crippen LogP contribution in [0.4, 0.5) is 0 Å². The summed E-state index contributed by atoms with van der Waals surface area (Å²) in [5.41, 5.74) is 4.83. The molecule has 0 atom stereocenters. The van der Waals surface area contributed by atoms with Gasteiger partial charge in [-0.1, -0.05) is 19.2 Å². The van der Waals surface area contributed by atoms with Crippen molar-refractivity contribution >= 4 is 56.4 Å². The SMILES string of the molecule is C=CC(=O)OCCCCCCOc1ccc(C(=O)OC2CCC(COc3ccc(OCC4CCC(OC(=O)c5ccc(OCCCCCCOC(=O)C=C)cc5)CC4)c4sc(-c5cc6c(C)cc(C)cc6o5)nc34)CC2)cc1. The van der Waals surface area contributed by atoms with E-state index >= 15 is 0 Å². The zero-order chi connectivity index (χ0) is 54.6. The molecule has 2 heterocycles. The fourth-order valence-corrected chi connectivity index (χ4v) is 10.9. The van der Waals surface area contributed by atoms with Gasteiger partial charge in [0.15, 0.2) is 10.8 Å². The maximum absolute atomic E-state index is 13.1. The second-order valence-electron chi connectivity index (χ2n) is 20.4. The number of aryl methyl sites for hydroxylation is 2. The Morgan fingerprint density at radius 2 is 1.05 bits per heavy atom. The molecule has 14 nitrogen and oxygen atoms in total. The summed E-state index contributed by atoms with van der Waals surface area (Å²) >= 11 is 1.53. The van der Waals surface area contributed by atoms with Gasteiger partial charge in [-0.05, 0) is 212 Å². The number of esters is 4. The minimum atomic E-state index is -0.396. The van der Waals surface area contributed by atoms with Crippen LogP contribution in [-0.4, -0.2) is 80.7 Å². The molecule has 2 aliphatic rings. The van der Waals surface area contributed by atoms with E-state index < -0.39 is 11.9 Å². The Morgan fingerprint density at radius 3 is 1.55 bits per heavy atom. The van der Waals surface area contributed by atoms with Gasteiger partial charge < -0.3 is 42.3 Å². The van der Waals surface area contributed by atoms with Crippen molar-refractivity contribution in [3.05, 3.63) is 126 Å². The van der Waals surface area contributed by atoms with Gasteiger partial charge in [-0.25, -0.2) is 24.2 Å². The van der Waals surface area contributed by atoms with Crippen LogP contribution in [0, 0.1) is 25.7 Å². The third-order valence-corrected chi connectivity index (χ3v) is 15.5. The molecule has 0 unspecified atom stereocenters. The molecule has 15 heteroatoms. The smallest absolute Gasteiger partial charge is 0.338 e. The zero-order valence-corrected chi connectivity index (χ0v) is 45.9. The van der Waals surface area contributed by atoms with E-state index in [0.717, 1.165) is 146 Å². The largest absolute Gasteiger partial charge is 0.494 e. The van der Waals surface area contributed by atoms with Crippen molar-refractivity contribution in [1.82, 2.24) is 4.98 Å². The van der Waals surface area contributed by atoms with Crippen LogP contribution in [0.3, 0.4) is 0 Å². The second-order valence-corrected chi connectivity index (χ2v) is 21.4. The van der Waals surface area contributed by atoms with Crippen LogP contribution in [0.5, 0.6) is 23.0 Å². The van der Waals surface area contributed by atoms with Gasteiger partial charge in [0.25, 0.3) is 0 Å². The number of benzene rings is 4. The first-order chi connectivity index (χ1) is 38.0. The molecular weight excluding hydrogens is 1010 g/mol. The quantitative estimate of drug-likeness (QED) is 0.0188. The van der Waals surface area contributed by atoms with Gasteiger partial charge in [-0.2, -0.15) is 0 Å². The monoisotopic (exact) mass is 1080 g/mol. The molecular formula is C63H73NO13S. The predicted octanol–water partition coefficient (Wildman–Crippen LogP) is 14.3. The summed E-state index contributed by atoms with van der Waals surface area (Å²) in [6.07, 6.45) is 15.7. The Bertz CT molecular complexity index is 2790. The zero-order valence-electron chi connectivity index (χ0n) is 45.1. The number of fused-ring (bicyclic) bond motifs is 2.